The number of benzene rings is 2. The molecule has 146 valence electrons. The van der Waals surface area contributed by atoms with Crippen LogP contribution in [0, 0.1) is 13.8 Å². The molecule has 7 heteroatoms. The number of aromatic nitrogens is 2. The zero-order valence-corrected chi connectivity index (χ0v) is 16.1. The fourth-order valence-electron chi connectivity index (χ4n) is 3.01. The average Bonchev–Trinajstić information content (AvgIpc) is 3.15. The van der Waals surface area contributed by atoms with Crippen molar-refractivity contribution in [3.63, 3.8) is 0 Å². The average molecular weight is 389 g/mol. The molecule has 0 bridgehead atoms. The summed E-state index contributed by atoms with van der Waals surface area (Å²) in [6.45, 7) is 3.85. The number of aryl methyl sites for hydroxylation is 3. The summed E-state index contributed by atoms with van der Waals surface area (Å²) >= 11 is 0. The number of nitrogens with one attached hydrogen (secondary N) is 1. The van der Waals surface area contributed by atoms with Gasteiger partial charge in [0, 0.05) is 41.6 Å². The van der Waals surface area contributed by atoms with E-state index < -0.39 is 5.63 Å². The predicted octanol–water partition coefficient (Wildman–Crippen LogP) is 4.03. The number of nitrogens with zero attached hydrogens (tertiary/aromatic N) is 2. The van der Waals surface area contributed by atoms with E-state index in [4.69, 9.17) is 8.83 Å². The van der Waals surface area contributed by atoms with Gasteiger partial charge in [-0.2, -0.15) is 0 Å². The number of carbonyl (C=O) groups is 1. The van der Waals surface area contributed by atoms with E-state index in [2.05, 4.69) is 15.5 Å². The Labute approximate surface area is 166 Å². The summed E-state index contributed by atoms with van der Waals surface area (Å²) in [7, 11) is 0. The molecule has 4 aromatic rings. The summed E-state index contributed by atoms with van der Waals surface area (Å²) in [5.41, 5.74) is 3.39. The molecule has 0 unspecified atom stereocenters. The Balaban J connectivity index is 1.40. The molecule has 7 nitrogen and oxygen atoms in total. The van der Waals surface area contributed by atoms with Gasteiger partial charge < -0.3 is 14.2 Å². The third-order valence-electron chi connectivity index (χ3n) is 4.57. The van der Waals surface area contributed by atoms with E-state index in [9.17, 15) is 9.59 Å². The number of rotatable bonds is 5. The number of amides is 1. The lowest BCUT2D eigenvalue weighted by Crippen LogP contribution is -2.12. The normalized spacial score (nSPS) is 11.0. The molecule has 4 rings (SSSR count). The number of hydrogen-bond donors (Lipinski definition) is 1. The Morgan fingerprint density at radius 3 is 2.59 bits per heavy atom. The molecule has 1 amide bonds. The zero-order valence-electron chi connectivity index (χ0n) is 16.1. The van der Waals surface area contributed by atoms with Gasteiger partial charge in [-0.1, -0.05) is 17.7 Å². The molecule has 2 aromatic carbocycles. The molecule has 0 fully saturated rings. The van der Waals surface area contributed by atoms with Crippen molar-refractivity contribution in [1.82, 2.24) is 10.2 Å². The van der Waals surface area contributed by atoms with Crippen molar-refractivity contribution in [1.29, 1.82) is 0 Å². The molecule has 0 saturated carbocycles. The lowest BCUT2D eigenvalue weighted by atomic mass is 10.1. The van der Waals surface area contributed by atoms with E-state index in [1.807, 2.05) is 44.2 Å². The third-order valence-corrected chi connectivity index (χ3v) is 4.57. The highest BCUT2D eigenvalue weighted by molar-refractivity contribution is 5.93. The van der Waals surface area contributed by atoms with Crippen LogP contribution in [0.4, 0.5) is 5.69 Å². The van der Waals surface area contributed by atoms with Gasteiger partial charge in [-0.05, 0) is 43.7 Å². The van der Waals surface area contributed by atoms with Crippen molar-refractivity contribution in [3.8, 4) is 11.5 Å². The molecule has 0 aliphatic rings. The highest BCUT2D eigenvalue weighted by atomic mass is 16.4. The first-order valence-electron chi connectivity index (χ1n) is 9.22. The maximum atomic E-state index is 12.3. The van der Waals surface area contributed by atoms with Gasteiger partial charge in [0.25, 0.3) is 0 Å². The van der Waals surface area contributed by atoms with Crippen molar-refractivity contribution < 1.29 is 13.6 Å². The topological polar surface area (TPSA) is 98.2 Å². The van der Waals surface area contributed by atoms with Gasteiger partial charge in [-0.25, -0.2) is 4.79 Å². The smallest absolute Gasteiger partial charge is 0.336 e. The van der Waals surface area contributed by atoms with Crippen LogP contribution >= 0.6 is 0 Å². The highest BCUT2D eigenvalue weighted by Gasteiger charge is 2.11. The SMILES string of the molecule is Cc1ccc(-c2nnc(CCC(=O)Nc3ccc4c(C)cc(=O)oc4c3)o2)cc1. The molecule has 0 radical (unpaired) electrons. The number of anilines is 1. The Morgan fingerprint density at radius 2 is 1.79 bits per heavy atom. The standard InChI is InChI=1S/C22H19N3O4/c1-13-3-5-15(6-4-13)22-25-24-20(29-22)10-9-19(26)23-16-7-8-17-14(2)11-21(27)28-18(17)12-16/h3-8,11-12H,9-10H2,1-2H3,(H,23,26). The second-order valence-corrected chi connectivity index (χ2v) is 6.87. The van der Waals surface area contributed by atoms with Gasteiger partial charge in [0.1, 0.15) is 5.58 Å². The van der Waals surface area contributed by atoms with E-state index in [1.165, 1.54) is 6.07 Å². The first kappa shape index (κ1) is 18.6. The minimum atomic E-state index is -0.417. The fraction of sp³-hybridized carbons (Fsp3) is 0.182. The van der Waals surface area contributed by atoms with Crippen LogP contribution in [-0.4, -0.2) is 16.1 Å². The highest BCUT2D eigenvalue weighted by Crippen LogP contribution is 2.21. The second kappa shape index (κ2) is 7.71. The van der Waals surface area contributed by atoms with Gasteiger partial charge in [0.15, 0.2) is 0 Å². The maximum Gasteiger partial charge on any atom is 0.336 e. The molecule has 0 aliphatic carbocycles. The number of fused-ring (bicyclic) bond motifs is 1. The monoisotopic (exact) mass is 389 g/mol. The quantitative estimate of drug-likeness (QED) is 0.518. The van der Waals surface area contributed by atoms with Crippen molar-refractivity contribution in [2.75, 3.05) is 5.32 Å². The van der Waals surface area contributed by atoms with Crippen molar-refractivity contribution in [3.05, 3.63) is 76.0 Å². The third kappa shape index (κ3) is 4.24. The van der Waals surface area contributed by atoms with Crippen LogP contribution < -0.4 is 10.9 Å². The summed E-state index contributed by atoms with van der Waals surface area (Å²) in [5.74, 6) is 0.630. The molecule has 0 aliphatic heterocycles. The van der Waals surface area contributed by atoms with E-state index >= 15 is 0 Å². The molecule has 0 spiro atoms. The van der Waals surface area contributed by atoms with Crippen molar-refractivity contribution in [2.24, 2.45) is 0 Å². The first-order chi connectivity index (χ1) is 14.0. The van der Waals surface area contributed by atoms with E-state index in [0.29, 0.717) is 29.5 Å². The Morgan fingerprint density at radius 1 is 1.00 bits per heavy atom. The lowest BCUT2D eigenvalue weighted by molar-refractivity contribution is -0.116. The minimum Gasteiger partial charge on any atom is -0.423 e. The molecule has 29 heavy (non-hydrogen) atoms. The van der Waals surface area contributed by atoms with Crippen LogP contribution in [0.3, 0.4) is 0 Å². The van der Waals surface area contributed by atoms with Gasteiger partial charge in [0.2, 0.25) is 17.7 Å². The summed E-state index contributed by atoms with van der Waals surface area (Å²) in [6.07, 6.45) is 0.512. The van der Waals surface area contributed by atoms with Gasteiger partial charge in [0.05, 0.1) is 0 Å². The van der Waals surface area contributed by atoms with E-state index in [1.54, 1.807) is 12.1 Å². The Bertz CT molecular complexity index is 1240. The summed E-state index contributed by atoms with van der Waals surface area (Å²) in [6, 6.07) is 14.4. The fourth-order valence-corrected chi connectivity index (χ4v) is 3.01. The second-order valence-electron chi connectivity index (χ2n) is 6.87. The maximum absolute atomic E-state index is 12.3. The van der Waals surface area contributed by atoms with Crippen LogP contribution in [0.2, 0.25) is 0 Å². The zero-order chi connectivity index (χ0) is 20.4. The predicted molar refractivity (Wildman–Crippen MR) is 109 cm³/mol. The Hall–Kier alpha value is -3.74. The molecule has 1 N–H and O–H groups in total. The summed E-state index contributed by atoms with van der Waals surface area (Å²) in [5, 5.41) is 11.7. The van der Waals surface area contributed by atoms with E-state index in [-0.39, 0.29) is 12.3 Å². The number of carbonyl (C=O) groups excluding carboxylic acids is 1. The molecule has 2 heterocycles. The number of hydrogen-bond acceptors (Lipinski definition) is 6. The molecular formula is C22H19N3O4. The van der Waals surface area contributed by atoms with Gasteiger partial charge in [-0.3, -0.25) is 4.79 Å². The van der Waals surface area contributed by atoms with Crippen LogP contribution in [0.15, 0.2) is 62.2 Å². The molecule has 0 saturated heterocycles. The van der Waals surface area contributed by atoms with Crippen LogP contribution in [0.5, 0.6) is 0 Å². The van der Waals surface area contributed by atoms with Crippen molar-refractivity contribution >= 4 is 22.6 Å². The minimum absolute atomic E-state index is 0.186. The first-order valence-corrected chi connectivity index (χ1v) is 9.22. The van der Waals surface area contributed by atoms with Crippen LogP contribution in [0.1, 0.15) is 23.4 Å². The van der Waals surface area contributed by atoms with Gasteiger partial charge >= 0.3 is 5.63 Å². The van der Waals surface area contributed by atoms with E-state index in [0.717, 1.165) is 22.1 Å². The Kier molecular flexibility index (Phi) is 4.95. The van der Waals surface area contributed by atoms with Crippen LogP contribution in [-0.2, 0) is 11.2 Å². The summed E-state index contributed by atoms with van der Waals surface area (Å²) < 4.78 is 10.8. The molecule has 0 atom stereocenters. The summed E-state index contributed by atoms with van der Waals surface area (Å²) in [4.78, 5) is 23.8. The largest absolute Gasteiger partial charge is 0.423 e. The lowest BCUT2D eigenvalue weighted by Gasteiger charge is -2.06. The van der Waals surface area contributed by atoms with Crippen LogP contribution in [0.25, 0.3) is 22.4 Å². The van der Waals surface area contributed by atoms with Gasteiger partial charge in [-0.15, -0.1) is 10.2 Å². The van der Waals surface area contributed by atoms with Crippen molar-refractivity contribution in [2.45, 2.75) is 26.7 Å². The molecular weight excluding hydrogens is 370 g/mol. The molecule has 2 aromatic heterocycles.